The zero-order valence-electron chi connectivity index (χ0n) is 24.2. The number of aliphatic carboxylic acids is 1. The second-order valence-corrected chi connectivity index (χ2v) is 12.0. The van der Waals surface area contributed by atoms with Crippen LogP contribution in [0.2, 0.25) is 0 Å². The first-order chi connectivity index (χ1) is 17.2. The van der Waals surface area contributed by atoms with E-state index in [1.807, 2.05) is 6.92 Å². The van der Waals surface area contributed by atoms with Crippen LogP contribution in [0.5, 0.6) is 11.5 Å². The number of carboxylic acids is 1. The number of hydrogen-bond donors (Lipinski definition) is 2. The van der Waals surface area contributed by atoms with E-state index in [-0.39, 0.29) is 24.5 Å². The molecule has 0 saturated heterocycles. The molecule has 10 heteroatoms. The van der Waals surface area contributed by atoms with Crippen LogP contribution in [0.1, 0.15) is 81.2 Å². The van der Waals surface area contributed by atoms with Gasteiger partial charge in [0.1, 0.15) is 17.7 Å². The highest BCUT2D eigenvalue weighted by Crippen LogP contribution is 2.33. The Morgan fingerprint density at radius 1 is 0.895 bits per heavy atom. The standard InChI is InChI=1S/C28H43NO9/c1-11-28(9,10)38-25(34)35-17(2)16-29-19(22(30)31)14-18-12-13-20(36-23(32)26(3,4)5)21(15-18)37-24(33)27(6,7)8/h12-13,15,17,19,29H,11,14,16H2,1-10H3,(H,30,31)/t17?,19-/m0/s1. The van der Waals surface area contributed by atoms with E-state index in [9.17, 15) is 24.3 Å². The van der Waals surface area contributed by atoms with Crippen LogP contribution in [0.25, 0.3) is 0 Å². The first-order valence-electron chi connectivity index (χ1n) is 12.7. The maximum atomic E-state index is 12.6. The van der Waals surface area contributed by atoms with Crippen LogP contribution >= 0.6 is 0 Å². The second kappa shape index (κ2) is 13.1. The number of carbonyl (C=O) groups excluding carboxylic acids is 3. The summed E-state index contributed by atoms with van der Waals surface area (Å²) in [7, 11) is 0. The fourth-order valence-electron chi connectivity index (χ4n) is 2.67. The summed E-state index contributed by atoms with van der Waals surface area (Å²) in [5.74, 6) is -2.11. The minimum Gasteiger partial charge on any atom is -0.480 e. The van der Waals surface area contributed by atoms with Gasteiger partial charge in [-0.15, -0.1) is 0 Å². The molecule has 0 aliphatic heterocycles. The van der Waals surface area contributed by atoms with Crippen molar-refractivity contribution in [3.8, 4) is 11.5 Å². The van der Waals surface area contributed by atoms with Gasteiger partial charge >= 0.3 is 24.1 Å². The molecule has 0 heterocycles. The summed E-state index contributed by atoms with van der Waals surface area (Å²) in [6.45, 7) is 17.2. The van der Waals surface area contributed by atoms with Crippen LogP contribution in [0.15, 0.2) is 18.2 Å². The smallest absolute Gasteiger partial charge is 0.480 e. The van der Waals surface area contributed by atoms with Gasteiger partial charge in [0.2, 0.25) is 0 Å². The molecule has 214 valence electrons. The molecule has 2 atom stereocenters. The Morgan fingerprint density at radius 2 is 1.42 bits per heavy atom. The number of hydrogen-bond acceptors (Lipinski definition) is 9. The zero-order valence-corrected chi connectivity index (χ0v) is 24.2. The number of benzene rings is 1. The third-order valence-electron chi connectivity index (χ3n) is 5.54. The lowest BCUT2D eigenvalue weighted by Crippen LogP contribution is -2.43. The SMILES string of the molecule is CCC(C)(C)OC(=O)OC(C)CN[C@@H](Cc1ccc(OC(=O)C(C)(C)C)c(OC(=O)C(C)(C)C)c1)C(=O)O. The fourth-order valence-corrected chi connectivity index (χ4v) is 2.67. The third kappa shape index (κ3) is 11.1. The first-order valence-corrected chi connectivity index (χ1v) is 12.7. The lowest BCUT2D eigenvalue weighted by Gasteiger charge is -2.24. The van der Waals surface area contributed by atoms with Crippen molar-refractivity contribution in [1.29, 1.82) is 0 Å². The van der Waals surface area contributed by atoms with Gasteiger partial charge in [0, 0.05) is 6.54 Å². The molecule has 0 bridgehead atoms. The number of ether oxygens (including phenoxy) is 4. The molecule has 0 fully saturated rings. The molecule has 0 aliphatic rings. The molecule has 0 radical (unpaired) electrons. The monoisotopic (exact) mass is 537 g/mol. The molecule has 10 nitrogen and oxygen atoms in total. The molecule has 2 N–H and O–H groups in total. The molecular weight excluding hydrogens is 494 g/mol. The lowest BCUT2D eigenvalue weighted by molar-refractivity contribution is -0.145. The number of rotatable bonds is 11. The van der Waals surface area contributed by atoms with Crippen molar-refractivity contribution in [2.45, 2.75) is 99.8 Å². The molecule has 0 aromatic heterocycles. The van der Waals surface area contributed by atoms with Crippen molar-refractivity contribution in [1.82, 2.24) is 5.32 Å². The summed E-state index contributed by atoms with van der Waals surface area (Å²) in [4.78, 5) is 48.9. The van der Waals surface area contributed by atoms with Crippen LogP contribution in [-0.2, 0) is 30.3 Å². The molecule has 0 amide bonds. The van der Waals surface area contributed by atoms with E-state index < -0.39 is 52.6 Å². The average Bonchev–Trinajstić information content (AvgIpc) is 2.76. The van der Waals surface area contributed by atoms with Gasteiger partial charge in [-0.3, -0.25) is 14.4 Å². The predicted molar refractivity (Wildman–Crippen MR) is 141 cm³/mol. The largest absolute Gasteiger partial charge is 0.509 e. The summed E-state index contributed by atoms with van der Waals surface area (Å²) < 4.78 is 21.5. The Labute approximate surface area is 225 Å². The normalized spacial score (nSPS) is 13.7. The predicted octanol–water partition coefficient (Wildman–Crippen LogP) is 4.91. The van der Waals surface area contributed by atoms with Gasteiger partial charge < -0.3 is 29.4 Å². The lowest BCUT2D eigenvalue weighted by atomic mass is 9.97. The summed E-state index contributed by atoms with van der Waals surface area (Å²) in [6.07, 6.45) is -0.858. The van der Waals surface area contributed by atoms with E-state index in [2.05, 4.69) is 5.32 Å². The Hall–Kier alpha value is -3.14. The maximum Gasteiger partial charge on any atom is 0.509 e. The number of esters is 2. The zero-order chi connectivity index (χ0) is 29.5. The molecule has 1 rings (SSSR count). The molecule has 38 heavy (non-hydrogen) atoms. The van der Waals surface area contributed by atoms with Crippen molar-refractivity contribution in [3.63, 3.8) is 0 Å². The van der Waals surface area contributed by atoms with Gasteiger partial charge in [-0.2, -0.15) is 0 Å². The van der Waals surface area contributed by atoms with E-state index in [0.29, 0.717) is 12.0 Å². The summed E-state index contributed by atoms with van der Waals surface area (Å²) in [5, 5.41) is 12.6. The molecule has 1 aromatic carbocycles. The Balaban J connectivity index is 3.04. The van der Waals surface area contributed by atoms with Crippen LogP contribution < -0.4 is 14.8 Å². The fraction of sp³-hybridized carbons (Fsp3) is 0.643. The van der Waals surface area contributed by atoms with Crippen molar-refractivity contribution in [3.05, 3.63) is 23.8 Å². The van der Waals surface area contributed by atoms with Gasteiger partial charge in [0.25, 0.3) is 0 Å². The van der Waals surface area contributed by atoms with Gasteiger partial charge in [-0.1, -0.05) is 13.0 Å². The molecule has 0 spiro atoms. The summed E-state index contributed by atoms with van der Waals surface area (Å²) in [5.41, 5.74) is -1.76. The molecule has 1 aromatic rings. The maximum absolute atomic E-state index is 12.6. The highest BCUT2D eigenvalue weighted by Gasteiger charge is 2.29. The average molecular weight is 538 g/mol. The van der Waals surface area contributed by atoms with Crippen molar-refractivity contribution >= 4 is 24.1 Å². The minimum atomic E-state index is -1.12. The topological polar surface area (TPSA) is 137 Å². The highest BCUT2D eigenvalue weighted by atomic mass is 16.7. The summed E-state index contributed by atoms with van der Waals surface area (Å²) >= 11 is 0. The van der Waals surface area contributed by atoms with Crippen LogP contribution in [0.4, 0.5) is 4.79 Å². The number of nitrogens with one attached hydrogen (secondary N) is 1. The van der Waals surface area contributed by atoms with Crippen LogP contribution in [-0.4, -0.2) is 53.5 Å². The highest BCUT2D eigenvalue weighted by molar-refractivity contribution is 5.81. The van der Waals surface area contributed by atoms with Crippen LogP contribution in [0, 0.1) is 10.8 Å². The molecule has 0 aliphatic carbocycles. The summed E-state index contributed by atoms with van der Waals surface area (Å²) in [6, 6.07) is 3.51. The van der Waals surface area contributed by atoms with Crippen molar-refractivity contribution in [2.75, 3.05) is 6.54 Å². The Kier molecular flexibility index (Phi) is 11.3. The first kappa shape index (κ1) is 32.9. The van der Waals surface area contributed by atoms with Crippen molar-refractivity contribution < 1.29 is 43.2 Å². The molecular formula is C28H43NO9. The van der Waals surface area contributed by atoms with Gasteiger partial charge in [0.05, 0.1) is 10.8 Å². The van der Waals surface area contributed by atoms with E-state index in [1.54, 1.807) is 68.4 Å². The van der Waals surface area contributed by atoms with Gasteiger partial charge in [-0.25, -0.2) is 4.79 Å². The van der Waals surface area contributed by atoms with E-state index in [1.165, 1.54) is 12.1 Å². The Bertz CT molecular complexity index is 1000. The molecule has 1 unspecified atom stereocenters. The van der Waals surface area contributed by atoms with Crippen molar-refractivity contribution in [2.24, 2.45) is 10.8 Å². The van der Waals surface area contributed by atoms with E-state index >= 15 is 0 Å². The minimum absolute atomic E-state index is 0.0159. The second-order valence-electron chi connectivity index (χ2n) is 12.0. The Morgan fingerprint density at radius 3 is 1.89 bits per heavy atom. The van der Waals surface area contributed by atoms with E-state index in [4.69, 9.17) is 18.9 Å². The van der Waals surface area contributed by atoms with Crippen LogP contribution in [0.3, 0.4) is 0 Å². The quantitative estimate of drug-likeness (QED) is 0.296. The third-order valence-corrected chi connectivity index (χ3v) is 5.54. The number of carbonyl (C=O) groups is 4. The number of carboxylic acid groups (broad SMARTS) is 1. The van der Waals surface area contributed by atoms with Gasteiger partial charge in [0.15, 0.2) is 11.5 Å². The van der Waals surface area contributed by atoms with Gasteiger partial charge in [-0.05, 0) is 92.9 Å². The van der Waals surface area contributed by atoms with E-state index in [0.717, 1.165) is 0 Å². The molecule has 0 saturated carbocycles.